The Balaban J connectivity index is 1.60. The van der Waals surface area contributed by atoms with Gasteiger partial charge in [-0.2, -0.15) is 0 Å². The van der Waals surface area contributed by atoms with Crippen LogP contribution in [-0.2, 0) is 24.2 Å². The minimum absolute atomic E-state index is 0.0543. The molecule has 1 aliphatic rings. The van der Waals surface area contributed by atoms with Crippen LogP contribution in [0.5, 0.6) is 0 Å². The van der Waals surface area contributed by atoms with Crippen molar-refractivity contribution in [3.8, 4) is 0 Å². The molecule has 0 fully saturated rings. The molecule has 170 valence electrons. The van der Waals surface area contributed by atoms with Gasteiger partial charge in [0.15, 0.2) is 9.84 Å². The third-order valence-electron chi connectivity index (χ3n) is 4.78. The number of fused-ring (bicyclic) bond motifs is 1. The molecule has 1 atom stereocenters. The van der Waals surface area contributed by atoms with E-state index in [9.17, 15) is 22.8 Å². The minimum Gasteiger partial charge on any atom is -0.462 e. The first-order chi connectivity index (χ1) is 15.2. The topological polar surface area (TPSA) is 119 Å². The van der Waals surface area contributed by atoms with Crippen molar-refractivity contribution in [1.29, 1.82) is 0 Å². The summed E-state index contributed by atoms with van der Waals surface area (Å²) < 4.78 is 30.3. The van der Waals surface area contributed by atoms with E-state index in [1.54, 1.807) is 25.1 Å². The predicted molar refractivity (Wildman–Crippen MR) is 123 cm³/mol. The fourth-order valence-electron chi connectivity index (χ4n) is 3.06. The van der Waals surface area contributed by atoms with E-state index in [1.165, 1.54) is 36.0 Å². The molecule has 2 amide bonds. The van der Waals surface area contributed by atoms with E-state index in [0.717, 1.165) is 4.90 Å². The summed E-state index contributed by atoms with van der Waals surface area (Å²) in [6.45, 7) is 3.89. The normalized spacial score (nSPS) is 15.4. The second-order valence-electron chi connectivity index (χ2n) is 7.08. The molecule has 0 unspecified atom stereocenters. The number of hydrogen-bond donors (Lipinski definition) is 2. The summed E-state index contributed by atoms with van der Waals surface area (Å²) in [7, 11) is -3.72. The Morgan fingerprint density at radius 2 is 1.84 bits per heavy atom. The number of benzene rings is 2. The van der Waals surface area contributed by atoms with Gasteiger partial charge >= 0.3 is 5.97 Å². The molecular weight excluding hydrogens is 452 g/mol. The minimum atomic E-state index is -3.72. The number of rotatable bonds is 8. The van der Waals surface area contributed by atoms with Crippen molar-refractivity contribution in [3.05, 3.63) is 48.0 Å². The predicted octanol–water partition coefficient (Wildman–Crippen LogP) is 3.49. The van der Waals surface area contributed by atoms with Gasteiger partial charge in [-0.1, -0.05) is 6.92 Å². The molecule has 0 bridgehead atoms. The van der Waals surface area contributed by atoms with Gasteiger partial charge in [0.1, 0.15) is 0 Å². The first kappa shape index (κ1) is 23.8. The lowest BCUT2D eigenvalue weighted by Crippen LogP contribution is -2.28. The molecule has 0 spiro atoms. The lowest BCUT2D eigenvalue weighted by molar-refractivity contribution is -0.116. The lowest BCUT2D eigenvalue weighted by atomic mass is 10.2. The van der Waals surface area contributed by atoms with E-state index < -0.39 is 21.7 Å². The standard InChI is InChI=1S/C22H24N2O6S2/c1-3-18-21(26)24-17-13-16(9-10-19(17)31-18)32(28,29)12-11-20(25)23-15-7-5-14(6-8-15)22(27)30-4-2/h5-10,13,18H,3-4,11-12H2,1-2H3,(H,23,25)(H,24,26)/t18-/m1/s1. The number of anilines is 2. The average Bonchev–Trinajstić information content (AvgIpc) is 2.77. The van der Waals surface area contributed by atoms with Crippen LogP contribution in [-0.4, -0.2) is 43.8 Å². The number of carbonyl (C=O) groups is 3. The first-order valence-electron chi connectivity index (χ1n) is 10.1. The number of sulfone groups is 1. The van der Waals surface area contributed by atoms with Gasteiger partial charge in [0.2, 0.25) is 11.8 Å². The smallest absolute Gasteiger partial charge is 0.338 e. The molecule has 0 aliphatic carbocycles. The van der Waals surface area contributed by atoms with Crippen LogP contribution in [0.15, 0.2) is 52.3 Å². The van der Waals surface area contributed by atoms with E-state index in [4.69, 9.17) is 4.74 Å². The van der Waals surface area contributed by atoms with Gasteiger partial charge in [0.05, 0.1) is 33.8 Å². The fourth-order valence-corrected chi connectivity index (χ4v) is 5.35. The van der Waals surface area contributed by atoms with Crippen molar-refractivity contribution in [2.45, 2.75) is 41.7 Å². The third kappa shape index (κ3) is 5.68. The second-order valence-corrected chi connectivity index (χ2v) is 10.4. The summed E-state index contributed by atoms with van der Waals surface area (Å²) in [5.41, 5.74) is 1.27. The van der Waals surface area contributed by atoms with Crippen LogP contribution in [0.25, 0.3) is 0 Å². The van der Waals surface area contributed by atoms with Gasteiger partial charge in [0.25, 0.3) is 0 Å². The number of carbonyl (C=O) groups excluding carboxylic acids is 3. The summed E-state index contributed by atoms with van der Waals surface area (Å²) >= 11 is 1.41. The molecular formula is C22H24N2O6S2. The van der Waals surface area contributed by atoms with E-state index in [0.29, 0.717) is 23.4 Å². The molecule has 8 nitrogen and oxygen atoms in total. The molecule has 10 heteroatoms. The molecule has 0 saturated heterocycles. The molecule has 3 rings (SSSR count). The van der Waals surface area contributed by atoms with Crippen molar-refractivity contribution < 1.29 is 27.5 Å². The highest BCUT2D eigenvalue weighted by Gasteiger charge is 2.27. The number of amides is 2. The van der Waals surface area contributed by atoms with E-state index >= 15 is 0 Å². The van der Waals surface area contributed by atoms with E-state index in [2.05, 4.69) is 10.6 Å². The van der Waals surface area contributed by atoms with Crippen molar-refractivity contribution >= 4 is 50.8 Å². The van der Waals surface area contributed by atoms with Gasteiger partial charge in [-0.15, -0.1) is 11.8 Å². The quantitative estimate of drug-likeness (QED) is 0.560. The number of esters is 1. The number of thioether (sulfide) groups is 1. The van der Waals surface area contributed by atoms with Crippen LogP contribution in [0.2, 0.25) is 0 Å². The molecule has 2 aromatic carbocycles. The summed E-state index contributed by atoms with van der Waals surface area (Å²) in [4.78, 5) is 36.8. The van der Waals surface area contributed by atoms with Gasteiger partial charge < -0.3 is 15.4 Å². The average molecular weight is 477 g/mol. The van der Waals surface area contributed by atoms with E-state index in [-0.39, 0.29) is 34.8 Å². The van der Waals surface area contributed by atoms with Gasteiger partial charge in [-0.3, -0.25) is 9.59 Å². The summed E-state index contributed by atoms with van der Waals surface area (Å²) in [5, 5.41) is 5.18. The van der Waals surface area contributed by atoms with Crippen LogP contribution in [0.1, 0.15) is 37.0 Å². The lowest BCUT2D eigenvalue weighted by Gasteiger charge is -2.23. The zero-order valence-corrected chi connectivity index (χ0v) is 19.3. The van der Waals surface area contributed by atoms with Gasteiger partial charge in [-0.25, -0.2) is 13.2 Å². The summed E-state index contributed by atoms with van der Waals surface area (Å²) in [5.74, 6) is -1.45. The first-order valence-corrected chi connectivity index (χ1v) is 12.7. The van der Waals surface area contributed by atoms with Crippen molar-refractivity contribution in [2.24, 2.45) is 0 Å². The van der Waals surface area contributed by atoms with Gasteiger partial charge in [0, 0.05) is 17.0 Å². The van der Waals surface area contributed by atoms with Crippen molar-refractivity contribution in [3.63, 3.8) is 0 Å². The zero-order chi connectivity index (χ0) is 23.3. The Morgan fingerprint density at radius 3 is 2.50 bits per heavy atom. The monoisotopic (exact) mass is 476 g/mol. The highest BCUT2D eigenvalue weighted by Crippen LogP contribution is 2.38. The molecule has 0 aromatic heterocycles. The summed E-state index contributed by atoms with van der Waals surface area (Å²) in [6.07, 6.45) is 0.439. The molecule has 2 N–H and O–H groups in total. The molecule has 2 aromatic rings. The van der Waals surface area contributed by atoms with Crippen LogP contribution in [0.3, 0.4) is 0 Å². The number of ether oxygens (including phenoxy) is 1. The van der Waals surface area contributed by atoms with E-state index in [1.807, 2.05) is 6.92 Å². The number of nitrogens with one attached hydrogen (secondary N) is 2. The molecule has 32 heavy (non-hydrogen) atoms. The second kappa shape index (κ2) is 10.2. The van der Waals surface area contributed by atoms with Crippen LogP contribution in [0.4, 0.5) is 11.4 Å². The Bertz CT molecular complexity index is 1130. The molecule has 1 aliphatic heterocycles. The Kier molecular flexibility index (Phi) is 7.57. The summed E-state index contributed by atoms with van der Waals surface area (Å²) in [6, 6.07) is 10.8. The Labute approximate surface area is 191 Å². The van der Waals surface area contributed by atoms with Crippen molar-refractivity contribution in [1.82, 2.24) is 0 Å². The highest BCUT2D eigenvalue weighted by atomic mass is 32.2. The van der Waals surface area contributed by atoms with Crippen molar-refractivity contribution in [2.75, 3.05) is 23.0 Å². The van der Waals surface area contributed by atoms with Crippen LogP contribution >= 0.6 is 11.8 Å². The van der Waals surface area contributed by atoms with Gasteiger partial charge in [-0.05, 0) is 55.8 Å². The van der Waals surface area contributed by atoms with Crippen LogP contribution < -0.4 is 10.6 Å². The number of hydrogen-bond acceptors (Lipinski definition) is 7. The largest absolute Gasteiger partial charge is 0.462 e. The maximum absolute atomic E-state index is 12.7. The molecule has 0 radical (unpaired) electrons. The highest BCUT2D eigenvalue weighted by molar-refractivity contribution is 8.01. The molecule has 0 saturated carbocycles. The third-order valence-corrected chi connectivity index (χ3v) is 7.93. The molecule has 1 heterocycles. The van der Waals surface area contributed by atoms with Crippen LogP contribution in [0, 0.1) is 0 Å². The Hall–Kier alpha value is -2.85. The Morgan fingerprint density at radius 1 is 1.12 bits per heavy atom. The maximum Gasteiger partial charge on any atom is 0.338 e. The maximum atomic E-state index is 12.7. The zero-order valence-electron chi connectivity index (χ0n) is 17.7. The SMILES string of the molecule is CCOC(=O)c1ccc(NC(=O)CCS(=O)(=O)c2ccc3c(c2)NC(=O)[C@@H](CC)S3)cc1. The fraction of sp³-hybridized carbons (Fsp3) is 0.318.